The molecule has 0 bridgehead atoms. The van der Waals surface area contributed by atoms with Gasteiger partial charge < -0.3 is 19.8 Å². The van der Waals surface area contributed by atoms with Crippen LogP contribution < -0.4 is 10.6 Å². The van der Waals surface area contributed by atoms with Crippen LogP contribution in [0.3, 0.4) is 0 Å². The van der Waals surface area contributed by atoms with Crippen molar-refractivity contribution >= 4 is 5.96 Å². The van der Waals surface area contributed by atoms with E-state index in [0.29, 0.717) is 19.8 Å². The predicted molar refractivity (Wildman–Crippen MR) is 103 cm³/mol. The van der Waals surface area contributed by atoms with Gasteiger partial charge in [-0.15, -0.1) is 0 Å². The monoisotopic (exact) mass is 368 g/mol. The third-order valence-corrected chi connectivity index (χ3v) is 3.81. The summed E-state index contributed by atoms with van der Waals surface area (Å²) in [5.41, 5.74) is 1.10. The summed E-state index contributed by atoms with van der Waals surface area (Å²) in [6, 6.07) is 9.60. The van der Waals surface area contributed by atoms with E-state index in [-0.39, 0.29) is 0 Å². The molecule has 0 spiro atoms. The molecule has 0 aliphatic heterocycles. The first-order valence-electron chi connectivity index (χ1n) is 8.85. The van der Waals surface area contributed by atoms with Crippen LogP contribution in [-0.4, -0.2) is 40.9 Å². The molecule has 0 saturated heterocycles. The normalized spacial score (nSPS) is 11.5. The Morgan fingerprint density at radius 1 is 1.26 bits per heavy atom. The summed E-state index contributed by atoms with van der Waals surface area (Å²) < 4.78 is 12.5. The second kappa shape index (κ2) is 10.1. The van der Waals surface area contributed by atoms with Gasteiger partial charge >= 0.3 is 0 Å². The van der Waals surface area contributed by atoms with E-state index in [1.165, 1.54) is 0 Å². The minimum atomic E-state index is 0.501. The highest BCUT2D eigenvalue weighted by Crippen LogP contribution is 2.06. The van der Waals surface area contributed by atoms with E-state index in [0.717, 1.165) is 36.1 Å². The van der Waals surface area contributed by atoms with Gasteiger partial charge in [-0.25, -0.2) is 9.67 Å². The van der Waals surface area contributed by atoms with Crippen LogP contribution in [0.2, 0.25) is 0 Å². The number of aromatic nitrogens is 3. The number of guanidine groups is 1. The topological polar surface area (TPSA) is 89.5 Å². The summed E-state index contributed by atoms with van der Waals surface area (Å²) >= 11 is 0. The molecule has 27 heavy (non-hydrogen) atoms. The standard InChI is InChI=1S/C19H24N6O2/c1-20-19(22-7-4-11-26-15-17-5-2-12-27-17)23-14-16-6-9-21-18(13-16)25-10-3-8-24-25/h2-3,5-6,8-10,12-13H,4,7,11,14-15H2,1H3,(H2,20,22,23). The fraction of sp³-hybridized carbons (Fsp3) is 0.316. The van der Waals surface area contributed by atoms with Crippen LogP contribution in [0.1, 0.15) is 17.7 Å². The molecule has 3 rings (SSSR count). The number of nitrogens with one attached hydrogen (secondary N) is 2. The first kappa shape index (κ1) is 18.7. The number of hydrogen-bond donors (Lipinski definition) is 2. The van der Waals surface area contributed by atoms with Crippen LogP contribution in [0, 0.1) is 0 Å². The molecule has 0 amide bonds. The summed E-state index contributed by atoms with van der Waals surface area (Å²) in [5, 5.41) is 10.8. The number of aliphatic imine (C=N–C) groups is 1. The smallest absolute Gasteiger partial charge is 0.191 e. The van der Waals surface area contributed by atoms with Crippen LogP contribution in [0.25, 0.3) is 5.82 Å². The van der Waals surface area contributed by atoms with E-state index in [1.807, 2.05) is 36.5 Å². The Labute approximate surface area is 158 Å². The van der Waals surface area contributed by atoms with Crippen molar-refractivity contribution in [3.8, 4) is 5.82 Å². The largest absolute Gasteiger partial charge is 0.467 e. The second-order valence-electron chi connectivity index (χ2n) is 5.81. The molecule has 0 unspecified atom stereocenters. The first-order chi connectivity index (χ1) is 13.3. The van der Waals surface area contributed by atoms with Gasteiger partial charge in [0.25, 0.3) is 0 Å². The fourth-order valence-electron chi connectivity index (χ4n) is 2.46. The number of hydrogen-bond acceptors (Lipinski definition) is 5. The SMILES string of the molecule is CN=C(NCCCOCc1ccco1)NCc1ccnc(-n2cccn2)c1. The van der Waals surface area contributed by atoms with Crippen molar-refractivity contribution in [3.63, 3.8) is 0 Å². The highest BCUT2D eigenvalue weighted by atomic mass is 16.5. The van der Waals surface area contributed by atoms with Crippen LogP contribution in [-0.2, 0) is 17.9 Å². The zero-order valence-electron chi connectivity index (χ0n) is 15.3. The molecule has 8 nitrogen and oxygen atoms in total. The lowest BCUT2D eigenvalue weighted by Gasteiger charge is -2.12. The minimum absolute atomic E-state index is 0.501. The van der Waals surface area contributed by atoms with E-state index in [2.05, 4.69) is 25.7 Å². The molecule has 0 radical (unpaired) electrons. The first-order valence-corrected chi connectivity index (χ1v) is 8.85. The number of rotatable bonds is 9. The zero-order chi connectivity index (χ0) is 18.7. The van der Waals surface area contributed by atoms with Crippen molar-refractivity contribution in [3.05, 3.63) is 66.5 Å². The van der Waals surface area contributed by atoms with Crippen molar-refractivity contribution in [2.45, 2.75) is 19.6 Å². The molecule has 3 aromatic heterocycles. The molecule has 142 valence electrons. The summed E-state index contributed by atoms with van der Waals surface area (Å²) in [6.45, 7) is 2.57. The summed E-state index contributed by atoms with van der Waals surface area (Å²) in [7, 11) is 1.75. The maximum atomic E-state index is 5.56. The average molecular weight is 368 g/mol. The summed E-state index contributed by atoms with van der Waals surface area (Å²) in [6.07, 6.45) is 7.90. The molecule has 0 aliphatic rings. The van der Waals surface area contributed by atoms with Crippen molar-refractivity contribution in [1.29, 1.82) is 0 Å². The maximum Gasteiger partial charge on any atom is 0.191 e. The van der Waals surface area contributed by atoms with Gasteiger partial charge in [0, 0.05) is 45.3 Å². The van der Waals surface area contributed by atoms with Gasteiger partial charge in [0.2, 0.25) is 0 Å². The quantitative estimate of drug-likeness (QED) is 0.342. The number of nitrogens with zero attached hydrogens (tertiary/aromatic N) is 4. The van der Waals surface area contributed by atoms with Gasteiger partial charge in [-0.2, -0.15) is 5.10 Å². The molecule has 0 saturated carbocycles. The van der Waals surface area contributed by atoms with E-state index in [4.69, 9.17) is 9.15 Å². The van der Waals surface area contributed by atoms with E-state index in [1.54, 1.807) is 30.4 Å². The Balaban J connectivity index is 1.36. The number of pyridine rings is 1. The summed E-state index contributed by atoms with van der Waals surface area (Å²) in [5.74, 6) is 2.38. The van der Waals surface area contributed by atoms with Crippen LogP contribution in [0.5, 0.6) is 0 Å². The lowest BCUT2D eigenvalue weighted by atomic mass is 10.2. The number of ether oxygens (including phenoxy) is 1. The molecular weight excluding hydrogens is 344 g/mol. The van der Waals surface area contributed by atoms with Crippen LogP contribution >= 0.6 is 0 Å². The van der Waals surface area contributed by atoms with Gasteiger partial charge in [-0.1, -0.05) is 0 Å². The van der Waals surface area contributed by atoms with Crippen molar-refractivity contribution in [2.24, 2.45) is 4.99 Å². The predicted octanol–water partition coefficient (Wildman–Crippen LogP) is 2.13. The third-order valence-electron chi connectivity index (χ3n) is 3.81. The van der Waals surface area contributed by atoms with Crippen molar-refractivity contribution in [2.75, 3.05) is 20.2 Å². The van der Waals surface area contributed by atoms with Gasteiger partial charge in [-0.05, 0) is 42.3 Å². The molecule has 0 aliphatic carbocycles. The van der Waals surface area contributed by atoms with Gasteiger partial charge in [0.05, 0.1) is 6.26 Å². The van der Waals surface area contributed by atoms with Crippen molar-refractivity contribution in [1.82, 2.24) is 25.4 Å². The Morgan fingerprint density at radius 2 is 2.22 bits per heavy atom. The fourth-order valence-corrected chi connectivity index (χ4v) is 2.46. The Morgan fingerprint density at radius 3 is 3.00 bits per heavy atom. The highest BCUT2D eigenvalue weighted by Gasteiger charge is 2.02. The van der Waals surface area contributed by atoms with Gasteiger partial charge in [0.1, 0.15) is 12.4 Å². The molecule has 8 heteroatoms. The Bertz CT molecular complexity index is 815. The highest BCUT2D eigenvalue weighted by molar-refractivity contribution is 5.79. The van der Waals surface area contributed by atoms with Crippen LogP contribution in [0.15, 0.2) is 64.6 Å². The average Bonchev–Trinajstić information content (AvgIpc) is 3.41. The number of furan rings is 1. The molecular formula is C19H24N6O2. The zero-order valence-corrected chi connectivity index (χ0v) is 15.3. The second-order valence-corrected chi connectivity index (χ2v) is 5.81. The third kappa shape index (κ3) is 5.96. The minimum Gasteiger partial charge on any atom is -0.467 e. The van der Waals surface area contributed by atoms with E-state index < -0.39 is 0 Å². The van der Waals surface area contributed by atoms with Gasteiger partial charge in [0.15, 0.2) is 11.8 Å². The molecule has 0 fully saturated rings. The van der Waals surface area contributed by atoms with E-state index >= 15 is 0 Å². The Kier molecular flexibility index (Phi) is 7.00. The van der Waals surface area contributed by atoms with Crippen LogP contribution in [0.4, 0.5) is 0 Å². The molecule has 0 atom stereocenters. The molecule has 3 heterocycles. The lowest BCUT2D eigenvalue weighted by molar-refractivity contribution is 0.105. The van der Waals surface area contributed by atoms with Crippen molar-refractivity contribution < 1.29 is 9.15 Å². The molecule has 3 aromatic rings. The molecule has 2 N–H and O–H groups in total. The molecule has 0 aromatic carbocycles. The van der Waals surface area contributed by atoms with Gasteiger partial charge in [-0.3, -0.25) is 4.99 Å². The van der Waals surface area contributed by atoms with E-state index in [9.17, 15) is 0 Å². The summed E-state index contributed by atoms with van der Waals surface area (Å²) in [4.78, 5) is 8.57. The Hall–Kier alpha value is -3.13. The lowest BCUT2D eigenvalue weighted by Crippen LogP contribution is -2.37. The maximum absolute atomic E-state index is 5.56.